The normalized spacial score (nSPS) is 25.0. The number of benzene rings is 3. The standard InChI is InChI=1S/C35H31N3O5/c1-22-13-18-27(43-22)31-29-30(33(41)36(2)32(29)40)35(19-23-9-5-3-6-10-23)34(42)37(21-28(39)38(31)35)20-24-14-16-26(17-15-24)25-11-7-4-8-12-25/h3-18,29-31H,19-21H2,1-2H3/t29-,30-,31-,35-/m1/s1. The molecule has 4 atom stereocenters. The predicted molar refractivity (Wildman–Crippen MR) is 158 cm³/mol. The van der Waals surface area contributed by atoms with Gasteiger partial charge < -0.3 is 14.2 Å². The van der Waals surface area contributed by atoms with Crippen molar-refractivity contribution in [2.75, 3.05) is 13.6 Å². The third kappa shape index (κ3) is 4.12. The molecule has 3 aromatic carbocycles. The first-order valence-electron chi connectivity index (χ1n) is 14.5. The first-order chi connectivity index (χ1) is 20.8. The van der Waals surface area contributed by atoms with Crippen molar-refractivity contribution in [3.63, 3.8) is 0 Å². The van der Waals surface area contributed by atoms with Crippen molar-refractivity contribution in [2.24, 2.45) is 11.8 Å². The molecule has 3 saturated heterocycles. The molecule has 0 saturated carbocycles. The fourth-order valence-corrected chi connectivity index (χ4v) is 7.29. The quantitative estimate of drug-likeness (QED) is 0.319. The largest absolute Gasteiger partial charge is 0.464 e. The Morgan fingerprint density at radius 3 is 2.07 bits per heavy atom. The van der Waals surface area contributed by atoms with Crippen LogP contribution in [0.5, 0.6) is 0 Å². The van der Waals surface area contributed by atoms with Crippen LogP contribution in [-0.2, 0) is 32.1 Å². The first kappa shape index (κ1) is 26.9. The molecule has 216 valence electrons. The zero-order valence-electron chi connectivity index (χ0n) is 24.0. The minimum Gasteiger partial charge on any atom is -0.464 e. The number of piperazine rings is 1. The summed E-state index contributed by atoms with van der Waals surface area (Å²) >= 11 is 0. The van der Waals surface area contributed by atoms with Gasteiger partial charge in [0.2, 0.25) is 17.7 Å². The molecular formula is C35H31N3O5. The number of aryl methyl sites for hydroxylation is 1. The number of carbonyl (C=O) groups is 4. The van der Waals surface area contributed by atoms with Gasteiger partial charge >= 0.3 is 0 Å². The zero-order chi connectivity index (χ0) is 29.9. The molecule has 3 aliphatic rings. The van der Waals surface area contributed by atoms with Gasteiger partial charge in [0.1, 0.15) is 29.6 Å². The Balaban J connectivity index is 1.32. The predicted octanol–water partition coefficient (Wildman–Crippen LogP) is 4.39. The molecule has 43 heavy (non-hydrogen) atoms. The Labute approximate surface area is 249 Å². The minimum atomic E-state index is -1.59. The van der Waals surface area contributed by atoms with Gasteiger partial charge in [-0.2, -0.15) is 0 Å². The SMILES string of the molecule is Cc1ccc([C@@H]2[C@@H]3C(=O)N(C)C(=O)[C@@H]3[C@]3(Cc4ccccc4)C(=O)N(Cc4ccc(-c5ccccc5)cc4)CC(=O)N23)o1. The van der Waals surface area contributed by atoms with Crippen LogP contribution >= 0.6 is 0 Å². The molecule has 0 radical (unpaired) electrons. The van der Waals surface area contributed by atoms with Crippen LogP contribution in [0.15, 0.2) is 101 Å². The molecule has 4 heterocycles. The van der Waals surface area contributed by atoms with Crippen LogP contribution in [0.4, 0.5) is 0 Å². The average Bonchev–Trinajstić information content (AvgIpc) is 3.65. The van der Waals surface area contributed by atoms with Gasteiger partial charge in [-0.05, 0) is 41.3 Å². The van der Waals surface area contributed by atoms with E-state index in [-0.39, 0.29) is 31.3 Å². The summed E-state index contributed by atoms with van der Waals surface area (Å²) in [4.78, 5) is 60.8. The summed E-state index contributed by atoms with van der Waals surface area (Å²) in [5, 5.41) is 0. The van der Waals surface area contributed by atoms with Crippen LogP contribution in [0, 0.1) is 18.8 Å². The average molecular weight is 574 g/mol. The molecule has 3 fully saturated rings. The second kappa shape index (κ2) is 10.1. The number of rotatable bonds is 6. The van der Waals surface area contributed by atoms with Crippen molar-refractivity contribution in [1.82, 2.24) is 14.7 Å². The highest BCUT2D eigenvalue weighted by atomic mass is 16.3. The van der Waals surface area contributed by atoms with Crippen molar-refractivity contribution in [1.29, 1.82) is 0 Å². The molecule has 1 aromatic heterocycles. The van der Waals surface area contributed by atoms with Gasteiger partial charge in [-0.15, -0.1) is 0 Å². The summed E-state index contributed by atoms with van der Waals surface area (Å²) in [5.74, 6) is -2.44. The molecule has 7 rings (SSSR count). The monoisotopic (exact) mass is 573 g/mol. The number of fused-ring (bicyclic) bond motifs is 3. The molecule has 0 N–H and O–H groups in total. The number of furan rings is 1. The van der Waals surface area contributed by atoms with Crippen LogP contribution in [0.25, 0.3) is 11.1 Å². The van der Waals surface area contributed by atoms with Crippen molar-refractivity contribution < 1.29 is 23.6 Å². The van der Waals surface area contributed by atoms with E-state index in [1.165, 1.54) is 11.9 Å². The fourth-order valence-electron chi connectivity index (χ4n) is 7.29. The molecule has 0 aliphatic carbocycles. The third-order valence-corrected chi connectivity index (χ3v) is 9.19. The minimum absolute atomic E-state index is 0.103. The summed E-state index contributed by atoms with van der Waals surface area (Å²) in [7, 11) is 1.45. The fraction of sp³-hybridized carbons (Fsp3) is 0.257. The van der Waals surface area contributed by atoms with Gasteiger partial charge in [-0.25, -0.2) is 0 Å². The summed E-state index contributed by atoms with van der Waals surface area (Å²) in [5.41, 5.74) is 2.20. The van der Waals surface area contributed by atoms with Gasteiger partial charge in [-0.1, -0.05) is 84.9 Å². The van der Waals surface area contributed by atoms with Crippen LogP contribution in [-0.4, -0.2) is 57.5 Å². The van der Waals surface area contributed by atoms with Crippen LogP contribution in [0.3, 0.4) is 0 Å². The Morgan fingerprint density at radius 1 is 0.767 bits per heavy atom. The Bertz CT molecular complexity index is 1730. The second-order valence-corrected chi connectivity index (χ2v) is 11.7. The Morgan fingerprint density at radius 2 is 1.42 bits per heavy atom. The van der Waals surface area contributed by atoms with Gasteiger partial charge in [-0.3, -0.25) is 24.1 Å². The van der Waals surface area contributed by atoms with Crippen LogP contribution in [0.2, 0.25) is 0 Å². The maximum Gasteiger partial charge on any atom is 0.250 e. The summed E-state index contributed by atoms with van der Waals surface area (Å²) < 4.78 is 5.99. The summed E-state index contributed by atoms with van der Waals surface area (Å²) in [6, 6.07) is 30.0. The summed E-state index contributed by atoms with van der Waals surface area (Å²) in [6.07, 6.45) is 0.103. The van der Waals surface area contributed by atoms with Crippen LogP contribution in [0.1, 0.15) is 28.7 Å². The maximum absolute atomic E-state index is 14.9. The molecule has 4 aromatic rings. The van der Waals surface area contributed by atoms with Gasteiger partial charge in [0, 0.05) is 20.0 Å². The second-order valence-electron chi connectivity index (χ2n) is 11.7. The molecular weight excluding hydrogens is 542 g/mol. The van der Waals surface area contributed by atoms with Gasteiger partial charge in [0.05, 0.1) is 11.8 Å². The van der Waals surface area contributed by atoms with E-state index in [9.17, 15) is 19.2 Å². The molecule has 0 spiro atoms. The van der Waals surface area contributed by atoms with E-state index in [2.05, 4.69) is 0 Å². The van der Waals surface area contributed by atoms with E-state index < -0.39 is 35.2 Å². The number of carbonyl (C=O) groups excluding carboxylic acids is 4. The van der Waals surface area contributed by atoms with Crippen molar-refractivity contribution in [2.45, 2.75) is 31.5 Å². The lowest BCUT2D eigenvalue weighted by Gasteiger charge is -2.48. The molecule has 0 unspecified atom stereocenters. The van der Waals surface area contributed by atoms with Crippen LogP contribution < -0.4 is 0 Å². The molecule has 8 nitrogen and oxygen atoms in total. The number of likely N-dealkylation sites (tertiary alicyclic amines) is 1. The Hall–Kier alpha value is -4.98. The van der Waals surface area contributed by atoms with E-state index in [4.69, 9.17) is 4.42 Å². The van der Waals surface area contributed by atoms with E-state index in [0.717, 1.165) is 27.2 Å². The third-order valence-electron chi connectivity index (χ3n) is 9.19. The molecule has 0 bridgehead atoms. The number of imide groups is 1. The van der Waals surface area contributed by atoms with E-state index in [1.54, 1.807) is 24.0 Å². The summed E-state index contributed by atoms with van der Waals surface area (Å²) in [6.45, 7) is 1.82. The topological polar surface area (TPSA) is 91.1 Å². The highest BCUT2D eigenvalue weighted by Crippen LogP contribution is 2.58. The smallest absolute Gasteiger partial charge is 0.250 e. The molecule has 8 heteroatoms. The highest BCUT2D eigenvalue weighted by molar-refractivity contribution is 6.12. The number of amides is 4. The van der Waals surface area contributed by atoms with E-state index >= 15 is 0 Å². The lowest BCUT2D eigenvalue weighted by atomic mass is 9.74. The van der Waals surface area contributed by atoms with E-state index in [0.29, 0.717) is 11.5 Å². The maximum atomic E-state index is 14.9. The lowest BCUT2D eigenvalue weighted by Crippen LogP contribution is -2.69. The van der Waals surface area contributed by atoms with Crippen molar-refractivity contribution in [3.05, 3.63) is 120 Å². The number of hydrogen-bond donors (Lipinski definition) is 0. The first-order valence-corrected chi connectivity index (χ1v) is 14.5. The van der Waals surface area contributed by atoms with Gasteiger partial charge in [0.25, 0.3) is 5.91 Å². The van der Waals surface area contributed by atoms with Gasteiger partial charge in [0.15, 0.2) is 0 Å². The zero-order valence-corrected chi connectivity index (χ0v) is 24.0. The van der Waals surface area contributed by atoms with E-state index in [1.807, 2.05) is 84.9 Å². The number of nitrogens with zero attached hydrogens (tertiary/aromatic N) is 3. The number of hydrogen-bond acceptors (Lipinski definition) is 5. The Kier molecular flexibility index (Phi) is 6.31. The van der Waals surface area contributed by atoms with Crippen molar-refractivity contribution in [3.8, 4) is 11.1 Å². The molecule has 3 aliphatic heterocycles. The molecule has 4 amide bonds. The van der Waals surface area contributed by atoms with Crippen molar-refractivity contribution >= 4 is 23.6 Å². The highest BCUT2D eigenvalue weighted by Gasteiger charge is 2.74. The lowest BCUT2D eigenvalue weighted by molar-refractivity contribution is -0.170.